The number of hydrogen-bond acceptors (Lipinski definition) is 4. The maximum absolute atomic E-state index is 11.9. The van der Waals surface area contributed by atoms with Gasteiger partial charge in [-0.3, -0.25) is 9.59 Å². The van der Waals surface area contributed by atoms with E-state index in [1.54, 1.807) is 45.0 Å². The van der Waals surface area contributed by atoms with Crippen LogP contribution < -0.4 is 5.73 Å². The highest BCUT2D eigenvalue weighted by molar-refractivity contribution is 6.00. The number of nitrogens with two attached hydrogens (primary N) is 1. The second kappa shape index (κ2) is 5.84. The van der Waals surface area contributed by atoms with Crippen LogP contribution >= 0.6 is 0 Å². The van der Waals surface area contributed by atoms with Crippen molar-refractivity contribution in [2.75, 3.05) is 0 Å². The summed E-state index contributed by atoms with van der Waals surface area (Å²) in [6.45, 7) is 5.45. The highest BCUT2D eigenvalue weighted by Gasteiger charge is 2.32. The average molecular weight is 265 g/mol. The Kier molecular flexibility index (Phi) is 4.67. The molecule has 0 spiro atoms. The summed E-state index contributed by atoms with van der Waals surface area (Å²) in [4.78, 5) is 23.2. The van der Waals surface area contributed by atoms with Crippen LogP contribution in [0.3, 0.4) is 0 Å². The van der Waals surface area contributed by atoms with Crippen LogP contribution in [0.5, 0.6) is 0 Å². The molecule has 1 unspecified atom stereocenters. The summed E-state index contributed by atoms with van der Waals surface area (Å²) in [5.74, 6) is -3.30. The Morgan fingerprint density at radius 2 is 1.79 bits per heavy atom. The molecule has 0 aromatic heterocycles. The van der Waals surface area contributed by atoms with Crippen molar-refractivity contribution in [2.45, 2.75) is 38.8 Å². The van der Waals surface area contributed by atoms with Gasteiger partial charge in [-0.2, -0.15) is 0 Å². The molecule has 1 aromatic rings. The fraction of sp³-hybridized carbons (Fsp3) is 0.429. The van der Waals surface area contributed by atoms with Crippen molar-refractivity contribution < 1.29 is 19.4 Å². The molecule has 0 bridgehead atoms. The van der Waals surface area contributed by atoms with Crippen LogP contribution in [0.1, 0.15) is 37.8 Å². The quantitative estimate of drug-likeness (QED) is 0.638. The third-order valence-corrected chi connectivity index (χ3v) is 2.44. The van der Waals surface area contributed by atoms with E-state index in [2.05, 4.69) is 0 Å². The van der Waals surface area contributed by atoms with Crippen molar-refractivity contribution in [3.63, 3.8) is 0 Å². The molecule has 0 fully saturated rings. The minimum Gasteiger partial charge on any atom is -0.480 e. The van der Waals surface area contributed by atoms with Crippen LogP contribution in [0.25, 0.3) is 0 Å². The van der Waals surface area contributed by atoms with Gasteiger partial charge in [0.25, 0.3) is 0 Å². The first-order valence-electron chi connectivity index (χ1n) is 5.99. The van der Waals surface area contributed by atoms with Gasteiger partial charge in [0.2, 0.25) is 0 Å². The lowest BCUT2D eigenvalue weighted by molar-refractivity contribution is -0.162. The molecule has 0 radical (unpaired) electrons. The number of ether oxygens (including phenoxy) is 1. The van der Waals surface area contributed by atoms with E-state index in [-0.39, 0.29) is 0 Å². The molecule has 0 aliphatic carbocycles. The Labute approximate surface area is 112 Å². The molecule has 1 aromatic carbocycles. The summed E-state index contributed by atoms with van der Waals surface area (Å²) in [5, 5.41) is 9.19. The van der Waals surface area contributed by atoms with Crippen LogP contribution in [0.4, 0.5) is 0 Å². The second-order valence-corrected chi connectivity index (χ2v) is 5.25. The van der Waals surface area contributed by atoms with Crippen molar-refractivity contribution in [1.82, 2.24) is 0 Å². The van der Waals surface area contributed by atoms with Crippen molar-refractivity contribution in [1.29, 1.82) is 0 Å². The zero-order valence-electron chi connectivity index (χ0n) is 11.3. The average Bonchev–Trinajstić information content (AvgIpc) is 2.27. The van der Waals surface area contributed by atoms with E-state index in [0.717, 1.165) is 5.56 Å². The number of carboxylic acids is 1. The van der Waals surface area contributed by atoms with Crippen molar-refractivity contribution in [3.8, 4) is 0 Å². The van der Waals surface area contributed by atoms with Crippen LogP contribution in [0.2, 0.25) is 0 Å². The van der Waals surface area contributed by atoms with Crippen molar-refractivity contribution in [2.24, 2.45) is 5.73 Å². The Hall–Kier alpha value is -1.88. The Bertz CT molecular complexity index is 459. The highest BCUT2D eigenvalue weighted by atomic mass is 16.6. The highest BCUT2D eigenvalue weighted by Crippen LogP contribution is 2.21. The molecule has 5 nitrogen and oxygen atoms in total. The number of hydrogen-bond donors (Lipinski definition) is 2. The minimum absolute atomic E-state index is 0.366. The molecule has 0 aliphatic heterocycles. The van der Waals surface area contributed by atoms with Crippen LogP contribution in [0.15, 0.2) is 24.3 Å². The SMILES string of the molecule is CC(C)(C)OC(=O)C(C(=O)O)c1ccc(CN)cc1. The summed E-state index contributed by atoms with van der Waals surface area (Å²) in [7, 11) is 0. The standard InChI is InChI=1S/C14H19NO4/c1-14(2,3)19-13(18)11(12(16)17)10-6-4-9(8-15)5-7-10/h4-7,11H,8,15H2,1-3H3,(H,16,17). The summed E-state index contributed by atoms with van der Waals surface area (Å²) in [6, 6.07) is 6.58. The molecule has 0 aliphatic rings. The Balaban J connectivity index is 3.00. The molecule has 5 heteroatoms. The molecule has 3 N–H and O–H groups in total. The van der Waals surface area contributed by atoms with Crippen LogP contribution in [-0.4, -0.2) is 22.6 Å². The molecule has 0 saturated carbocycles. The summed E-state index contributed by atoms with van der Waals surface area (Å²) >= 11 is 0. The maximum Gasteiger partial charge on any atom is 0.325 e. The Morgan fingerprint density at radius 3 is 2.16 bits per heavy atom. The molecule has 1 atom stereocenters. The Morgan fingerprint density at radius 1 is 1.26 bits per heavy atom. The normalized spacial score (nSPS) is 12.8. The topological polar surface area (TPSA) is 89.6 Å². The van der Waals surface area contributed by atoms with Gasteiger partial charge < -0.3 is 15.6 Å². The van der Waals surface area contributed by atoms with Crippen LogP contribution in [0, 0.1) is 0 Å². The van der Waals surface area contributed by atoms with Crippen molar-refractivity contribution in [3.05, 3.63) is 35.4 Å². The first-order chi connectivity index (χ1) is 8.74. The fourth-order valence-corrected chi connectivity index (χ4v) is 1.59. The summed E-state index contributed by atoms with van der Waals surface area (Å²) in [5.41, 5.74) is 6.01. The van der Waals surface area contributed by atoms with Gasteiger partial charge in [-0.1, -0.05) is 24.3 Å². The molecule has 1 rings (SSSR count). The number of carboxylic acid groups (broad SMARTS) is 1. The van der Waals surface area contributed by atoms with E-state index in [1.807, 2.05) is 0 Å². The molecule has 19 heavy (non-hydrogen) atoms. The van der Waals surface area contributed by atoms with Gasteiger partial charge in [0.1, 0.15) is 5.60 Å². The van der Waals surface area contributed by atoms with Crippen molar-refractivity contribution >= 4 is 11.9 Å². The van der Waals surface area contributed by atoms with Gasteiger partial charge in [-0.05, 0) is 31.9 Å². The number of rotatable bonds is 4. The second-order valence-electron chi connectivity index (χ2n) is 5.25. The zero-order valence-corrected chi connectivity index (χ0v) is 11.3. The van der Waals surface area contributed by atoms with Gasteiger partial charge in [-0.25, -0.2) is 0 Å². The van der Waals surface area contributed by atoms with E-state index in [0.29, 0.717) is 12.1 Å². The lowest BCUT2D eigenvalue weighted by Gasteiger charge is -2.22. The number of benzene rings is 1. The van der Waals surface area contributed by atoms with Gasteiger partial charge in [-0.15, -0.1) is 0 Å². The molecule has 0 saturated heterocycles. The predicted octanol–water partition coefficient (Wildman–Crippen LogP) is 1.66. The number of carbonyl (C=O) groups is 2. The first-order valence-corrected chi connectivity index (χ1v) is 5.99. The molecule has 0 heterocycles. The number of esters is 1. The molecular formula is C14H19NO4. The summed E-state index contributed by atoms with van der Waals surface area (Å²) in [6.07, 6.45) is 0. The predicted molar refractivity (Wildman–Crippen MR) is 70.6 cm³/mol. The van der Waals surface area contributed by atoms with Gasteiger partial charge >= 0.3 is 11.9 Å². The lowest BCUT2D eigenvalue weighted by atomic mass is 9.98. The van der Waals surface area contributed by atoms with Gasteiger partial charge in [0.05, 0.1) is 0 Å². The number of carbonyl (C=O) groups excluding carboxylic acids is 1. The lowest BCUT2D eigenvalue weighted by Crippen LogP contribution is -2.31. The van der Waals surface area contributed by atoms with E-state index in [1.165, 1.54) is 0 Å². The summed E-state index contributed by atoms with van der Waals surface area (Å²) < 4.78 is 5.13. The largest absolute Gasteiger partial charge is 0.480 e. The number of aliphatic carboxylic acids is 1. The van der Waals surface area contributed by atoms with E-state index in [9.17, 15) is 14.7 Å². The van der Waals surface area contributed by atoms with E-state index < -0.39 is 23.5 Å². The van der Waals surface area contributed by atoms with E-state index in [4.69, 9.17) is 10.5 Å². The third-order valence-electron chi connectivity index (χ3n) is 2.44. The first kappa shape index (κ1) is 15.2. The monoisotopic (exact) mass is 265 g/mol. The smallest absolute Gasteiger partial charge is 0.325 e. The molecule has 104 valence electrons. The van der Waals surface area contributed by atoms with Gasteiger partial charge in [0, 0.05) is 6.54 Å². The fourth-order valence-electron chi connectivity index (χ4n) is 1.59. The maximum atomic E-state index is 11.9. The minimum atomic E-state index is -1.31. The third kappa shape index (κ3) is 4.37. The van der Waals surface area contributed by atoms with E-state index >= 15 is 0 Å². The van der Waals surface area contributed by atoms with Gasteiger partial charge in [0.15, 0.2) is 5.92 Å². The molecule has 0 amide bonds. The van der Waals surface area contributed by atoms with Crippen LogP contribution in [-0.2, 0) is 20.9 Å². The molecular weight excluding hydrogens is 246 g/mol. The zero-order chi connectivity index (χ0) is 14.6.